The summed E-state index contributed by atoms with van der Waals surface area (Å²) >= 11 is 0. The van der Waals surface area contributed by atoms with Crippen molar-refractivity contribution in [1.82, 2.24) is 19.7 Å². The Morgan fingerprint density at radius 1 is 1.15 bits per heavy atom. The van der Waals surface area contributed by atoms with E-state index < -0.39 is 12.5 Å². The number of nitrogens with one attached hydrogen (secondary N) is 2. The zero-order chi connectivity index (χ0) is 18.7. The Balaban J connectivity index is 1.80. The average molecular weight is 360 g/mol. The molecule has 0 bridgehead atoms. The fourth-order valence-corrected chi connectivity index (χ4v) is 2.62. The van der Waals surface area contributed by atoms with Crippen LogP contribution in [-0.2, 0) is 7.05 Å². The molecule has 0 spiro atoms. The SMILES string of the molecule is CC(CNc1nc(NCC(C)(F)F)c2cnn(C)c2n1)c1ccccc1. The van der Waals surface area contributed by atoms with Crippen LogP contribution in [0.5, 0.6) is 0 Å². The first-order valence-electron chi connectivity index (χ1n) is 8.44. The molecule has 0 fully saturated rings. The molecular formula is C18H22F2N6. The molecule has 26 heavy (non-hydrogen) atoms. The molecule has 0 aliphatic rings. The zero-order valence-electron chi connectivity index (χ0n) is 15.0. The van der Waals surface area contributed by atoms with Crippen molar-refractivity contribution in [1.29, 1.82) is 0 Å². The van der Waals surface area contributed by atoms with Crippen molar-refractivity contribution in [3.05, 3.63) is 42.1 Å². The molecule has 3 aromatic rings. The molecule has 138 valence electrons. The monoisotopic (exact) mass is 360 g/mol. The first-order chi connectivity index (χ1) is 12.3. The van der Waals surface area contributed by atoms with Crippen LogP contribution in [-0.4, -0.2) is 38.8 Å². The van der Waals surface area contributed by atoms with Crippen LogP contribution in [0.1, 0.15) is 25.3 Å². The average Bonchev–Trinajstić information content (AvgIpc) is 2.99. The number of benzene rings is 1. The normalized spacial score (nSPS) is 13.0. The van der Waals surface area contributed by atoms with E-state index in [0.29, 0.717) is 29.3 Å². The van der Waals surface area contributed by atoms with Crippen LogP contribution in [0.25, 0.3) is 11.0 Å². The van der Waals surface area contributed by atoms with Gasteiger partial charge in [-0.1, -0.05) is 37.3 Å². The smallest absolute Gasteiger partial charge is 0.262 e. The number of aromatic nitrogens is 4. The molecule has 2 heterocycles. The molecule has 0 aliphatic carbocycles. The minimum absolute atomic E-state index is 0.249. The number of hydrogen-bond donors (Lipinski definition) is 2. The Kier molecular flexibility index (Phi) is 5.01. The summed E-state index contributed by atoms with van der Waals surface area (Å²) in [5.74, 6) is -1.86. The molecule has 0 amide bonds. The second-order valence-corrected chi connectivity index (χ2v) is 6.52. The lowest BCUT2D eigenvalue weighted by Crippen LogP contribution is -2.23. The standard InChI is InChI=1S/C18H22F2N6/c1-12(13-7-5-4-6-8-13)9-21-17-24-15(22-11-18(2,19)20)14-10-23-26(3)16(14)25-17/h4-8,10,12H,9,11H2,1-3H3,(H2,21,22,24,25). The number of anilines is 2. The maximum atomic E-state index is 13.2. The second kappa shape index (κ2) is 7.23. The maximum absolute atomic E-state index is 13.2. The first kappa shape index (κ1) is 18.0. The van der Waals surface area contributed by atoms with Crippen LogP contribution in [0.3, 0.4) is 0 Å². The molecule has 3 rings (SSSR count). The van der Waals surface area contributed by atoms with Crippen LogP contribution >= 0.6 is 0 Å². The van der Waals surface area contributed by atoms with Crippen LogP contribution in [0.4, 0.5) is 20.5 Å². The molecule has 6 nitrogen and oxygen atoms in total. The van der Waals surface area contributed by atoms with Crippen molar-refractivity contribution in [2.75, 3.05) is 23.7 Å². The highest BCUT2D eigenvalue weighted by molar-refractivity contribution is 5.87. The van der Waals surface area contributed by atoms with Gasteiger partial charge in [0.1, 0.15) is 5.82 Å². The minimum atomic E-state index is -2.84. The molecule has 1 aromatic carbocycles. The highest BCUT2D eigenvalue weighted by Crippen LogP contribution is 2.23. The number of halogens is 2. The first-order valence-corrected chi connectivity index (χ1v) is 8.44. The predicted molar refractivity (Wildman–Crippen MR) is 98.8 cm³/mol. The van der Waals surface area contributed by atoms with Gasteiger partial charge in [0.05, 0.1) is 18.1 Å². The van der Waals surface area contributed by atoms with Crippen molar-refractivity contribution < 1.29 is 8.78 Å². The van der Waals surface area contributed by atoms with E-state index in [1.54, 1.807) is 17.9 Å². The number of alkyl halides is 2. The minimum Gasteiger partial charge on any atom is -0.363 e. The van der Waals surface area contributed by atoms with Crippen molar-refractivity contribution in [3.63, 3.8) is 0 Å². The fraction of sp³-hybridized carbons (Fsp3) is 0.389. The molecular weight excluding hydrogens is 338 g/mol. The molecule has 2 N–H and O–H groups in total. The lowest BCUT2D eigenvalue weighted by atomic mass is 10.0. The van der Waals surface area contributed by atoms with Gasteiger partial charge >= 0.3 is 0 Å². The molecule has 0 saturated heterocycles. The van der Waals surface area contributed by atoms with Gasteiger partial charge in [-0.3, -0.25) is 4.68 Å². The highest BCUT2D eigenvalue weighted by Gasteiger charge is 2.22. The molecule has 0 radical (unpaired) electrons. The van der Waals surface area contributed by atoms with E-state index in [2.05, 4.69) is 44.8 Å². The van der Waals surface area contributed by atoms with Gasteiger partial charge in [-0.15, -0.1) is 0 Å². The topological polar surface area (TPSA) is 67.7 Å². The number of hydrogen-bond acceptors (Lipinski definition) is 5. The maximum Gasteiger partial charge on any atom is 0.262 e. The quantitative estimate of drug-likeness (QED) is 0.673. The molecule has 1 unspecified atom stereocenters. The Morgan fingerprint density at radius 3 is 2.58 bits per heavy atom. The third kappa shape index (κ3) is 4.25. The van der Waals surface area contributed by atoms with Crippen molar-refractivity contribution in [3.8, 4) is 0 Å². The van der Waals surface area contributed by atoms with Gasteiger partial charge in [0, 0.05) is 20.5 Å². The van der Waals surface area contributed by atoms with E-state index >= 15 is 0 Å². The van der Waals surface area contributed by atoms with E-state index in [9.17, 15) is 8.78 Å². The van der Waals surface area contributed by atoms with Gasteiger partial charge < -0.3 is 10.6 Å². The van der Waals surface area contributed by atoms with E-state index in [1.807, 2.05) is 18.2 Å². The van der Waals surface area contributed by atoms with Crippen molar-refractivity contribution in [2.45, 2.75) is 25.7 Å². The Morgan fingerprint density at radius 2 is 1.88 bits per heavy atom. The van der Waals surface area contributed by atoms with Gasteiger partial charge in [-0.05, 0) is 11.5 Å². The van der Waals surface area contributed by atoms with Crippen molar-refractivity contribution >= 4 is 22.8 Å². The summed E-state index contributed by atoms with van der Waals surface area (Å²) in [6.07, 6.45) is 1.57. The molecule has 0 saturated carbocycles. The molecule has 2 aromatic heterocycles. The largest absolute Gasteiger partial charge is 0.363 e. The van der Waals surface area contributed by atoms with Crippen molar-refractivity contribution in [2.24, 2.45) is 7.05 Å². The van der Waals surface area contributed by atoms with Gasteiger partial charge in [-0.2, -0.15) is 15.1 Å². The lowest BCUT2D eigenvalue weighted by Gasteiger charge is -2.15. The summed E-state index contributed by atoms with van der Waals surface area (Å²) in [6.45, 7) is 3.08. The van der Waals surface area contributed by atoms with Gasteiger partial charge in [0.2, 0.25) is 5.95 Å². The highest BCUT2D eigenvalue weighted by atomic mass is 19.3. The van der Waals surface area contributed by atoms with Gasteiger partial charge in [0.15, 0.2) is 5.65 Å². The van der Waals surface area contributed by atoms with E-state index in [0.717, 1.165) is 6.92 Å². The molecule has 1 atom stereocenters. The summed E-state index contributed by atoms with van der Waals surface area (Å²) < 4.78 is 28.0. The zero-order valence-corrected chi connectivity index (χ0v) is 15.0. The third-order valence-electron chi connectivity index (χ3n) is 4.09. The number of fused-ring (bicyclic) bond motifs is 1. The van der Waals surface area contributed by atoms with Crippen LogP contribution in [0, 0.1) is 0 Å². The summed E-state index contributed by atoms with van der Waals surface area (Å²) in [5.41, 5.74) is 1.78. The Bertz CT molecular complexity index is 873. The summed E-state index contributed by atoms with van der Waals surface area (Å²) in [5, 5.41) is 10.7. The summed E-state index contributed by atoms with van der Waals surface area (Å²) in [4.78, 5) is 8.82. The molecule has 8 heteroatoms. The third-order valence-corrected chi connectivity index (χ3v) is 4.09. The van der Waals surface area contributed by atoms with E-state index in [4.69, 9.17) is 0 Å². The molecule has 0 aliphatic heterocycles. The second-order valence-electron chi connectivity index (χ2n) is 6.52. The summed E-state index contributed by atoms with van der Waals surface area (Å²) in [6, 6.07) is 10.1. The number of aryl methyl sites for hydroxylation is 1. The fourth-order valence-electron chi connectivity index (χ4n) is 2.62. The van der Waals surface area contributed by atoms with E-state index in [1.165, 1.54) is 5.56 Å². The Hall–Kier alpha value is -2.77. The Labute approximate surface area is 150 Å². The predicted octanol–water partition coefficient (Wildman–Crippen LogP) is 3.65. The van der Waals surface area contributed by atoms with E-state index in [-0.39, 0.29) is 5.92 Å². The number of rotatable bonds is 7. The number of nitrogens with zero attached hydrogens (tertiary/aromatic N) is 4. The summed E-state index contributed by atoms with van der Waals surface area (Å²) in [7, 11) is 1.75. The van der Waals surface area contributed by atoms with Crippen LogP contribution in [0.15, 0.2) is 36.5 Å². The van der Waals surface area contributed by atoms with Gasteiger partial charge in [-0.25, -0.2) is 8.78 Å². The lowest BCUT2D eigenvalue weighted by molar-refractivity contribution is 0.0367. The van der Waals surface area contributed by atoms with Crippen LogP contribution < -0.4 is 10.6 Å². The van der Waals surface area contributed by atoms with Gasteiger partial charge in [0.25, 0.3) is 5.92 Å². The van der Waals surface area contributed by atoms with Crippen LogP contribution in [0.2, 0.25) is 0 Å².